The molecule has 0 unspecified atom stereocenters. The smallest absolute Gasteiger partial charge is 0.245 e. The molecule has 1 aliphatic heterocycles. The highest BCUT2D eigenvalue weighted by atomic mass is 16.5. The summed E-state index contributed by atoms with van der Waals surface area (Å²) >= 11 is 0. The van der Waals surface area contributed by atoms with Gasteiger partial charge >= 0.3 is 0 Å². The first kappa shape index (κ1) is 15.4. The standard InChI is InChI=1S/C14H26N4O2/c1-5-6-12(19-4)9-18-8-7-17(3)13(10-18)14-15-11(2)16-20-14/h12-13H,5-10H2,1-4H3/t12-,13-/m1/s1. The van der Waals surface area contributed by atoms with Crippen LogP contribution in [0.15, 0.2) is 4.52 Å². The fourth-order valence-electron chi connectivity index (χ4n) is 2.70. The van der Waals surface area contributed by atoms with Crippen molar-refractivity contribution < 1.29 is 9.26 Å². The van der Waals surface area contributed by atoms with E-state index in [1.807, 2.05) is 6.92 Å². The number of likely N-dealkylation sites (N-methyl/N-ethyl adjacent to an activating group) is 1. The van der Waals surface area contributed by atoms with Crippen molar-refractivity contribution >= 4 is 0 Å². The lowest BCUT2D eigenvalue weighted by molar-refractivity contribution is 0.0184. The number of ether oxygens (including phenoxy) is 1. The Labute approximate surface area is 121 Å². The number of aromatic nitrogens is 2. The molecule has 0 radical (unpaired) electrons. The van der Waals surface area contributed by atoms with Crippen molar-refractivity contribution in [2.45, 2.75) is 38.8 Å². The van der Waals surface area contributed by atoms with Crippen LogP contribution in [0.2, 0.25) is 0 Å². The van der Waals surface area contributed by atoms with E-state index in [1.165, 1.54) is 0 Å². The molecule has 1 aromatic heterocycles. The summed E-state index contributed by atoms with van der Waals surface area (Å²) in [6.45, 7) is 8.01. The zero-order valence-corrected chi connectivity index (χ0v) is 13.0. The molecule has 0 saturated carbocycles. The molecule has 6 nitrogen and oxygen atoms in total. The zero-order valence-electron chi connectivity index (χ0n) is 13.0. The molecule has 114 valence electrons. The van der Waals surface area contributed by atoms with Gasteiger partial charge in [0.2, 0.25) is 5.89 Å². The van der Waals surface area contributed by atoms with Crippen LogP contribution in [0.1, 0.15) is 37.5 Å². The molecule has 0 bridgehead atoms. The molecular formula is C14H26N4O2. The van der Waals surface area contributed by atoms with E-state index in [4.69, 9.17) is 9.26 Å². The molecule has 6 heteroatoms. The van der Waals surface area contributed by atoms with Crippen molar-refractivity contribution in [3.63, 3.8) is 0 Å². The summed E-state index contributed by atoms with van der Waals surface area (Å²) in [5.41, 5.74) is 0. The van der Waals surface area contributed by atoms with Crippen molar-refractivity contribution in [2.24, 2.45) is 0 Å². The zero-order chi connectivity index (χ0) is 14.5. The Hall–Kier alpha value is -0.980. The van der Waals surface area contributed by atoms with Gasteiger partial charge in [-0.1, -0.05) is 18.5 Å². The van der Waals surface area contributed by atoms with Gasteiger partial charge in [0, 0.05) is 33.3 Å². The molecule has 2 atom stereocenters. The summed E-state index contributed by atoms with van der Waals surface area (Å²) < 4.78 is 10.9. The summed E-state index contributed by atoms with van der Waals surface area (Å²) in [6.07, 6.45) is 2.57. The third kappa shape index (κ3) is 3.77. The van der Waals surface area contributed by atoms with Gasteiger partial charge in [0.15, 0.2) is 5.82 Å². The van der Waals surface area contributed by atoms with E-state index >= 15 is 0 Å². The summed E-state index contributed by atoms with van der Waals surface area (Å²) in [6, 6.07) is 0.184. The molecule has 1 fully saturated rings. The maximum atomic E-state index is 5.56. The molecule has 1 aromatic rings. The molecule has 0 amide bonds. The fourth-order valence-corrected chi connectivity index (χ4v) is 2.70. The van der Waals surface area contributed by atoms with E-state index in [9.17, 15) is 0 Å². The minimum atomic E-state index is 0.184. The number of rotatable bonds is 6. The number of methoxy groups -OCH3 is 1. The van der Waals surface area contributed by atoms with E-state index in [0.29, 0.717) is 11.9 Å². The quantitative estimate of drug-likeness (QED) is 0.788. The van der Waals surface area contributed by atoms with Crippen LogP contribution in [-0.4, -0.2) is 66.4 Å². The Kier molecular flexibility index (Phi) is 5.51. The normalized spacial score (nSPS) is 23.1. The van der Waals surface area contributed by atoms with Gasteiger partial charge in [-0.15, -0.1) is 0 Å². The van der Waals surface area contributed by atoms with E-state index < -0.39 is 0 Å². The maximum Gasteiger partial charge on any atom is 0.245 e. The number of hydrogen-bond acceptors (Lipinski definition) is 6. The van der Waals surface area contributed by atoms with Crippen molar-refractivity contribution in [1.29, 1.82) is 0 Å². The summed E-state index contributed by atoms with van der Waals surface area (Å²) in [5, 5.41) is 3.90. The van der Waals surface area contributed by atoms with Crippen LogP contribution in [0, 0.1) is 6.92 Å². The van der Waals surface area contributed by atoms with Gasteiger partial charge in [-0.3, -0.25) is 9.80 Å². The number of nitrogens with zero attached hydrogens (tertiary/aromatic N) is 4. The molecule has 0 N–H and O–H groups in total. The lowest BCUT2D eigenvalue weighted by Crippen LogP contribution is -2.49. The second kappa shape index (κ2) is 7.15. The third-order valence-corrected chi connectivity index (χ3v) is 3.97. The van der Waals surface area contributed by atoms with E-state index in [-0.39, 0.29) is 6.04 Å². The predicted octanol–water partition coefficient (Wildman–Crippen LogP) is 1.48. The van der Waals surface area contributed by atoms with Gasteiger partial charge < -0.3 is 9.26 Å². The van der Waals surface area contributed by atoms with Crippen molar-refractivity contribution in [2.75, 3.05) is 40.3 Å². The van der Waals surface area contributed by atoms with Crippen LogP contribution in [0.25, 0.3) is 0 Å². The van der Waals surface area contributed by atoms with Crippen LogP contribution in [0.3, 0.4) is 0 Å². The largest absolute Gasteiger partial charge is 0.380 e. The second-order valence-electron chi connectivity index (χ2n) is 5.58. The fraction of sp³-hybridized carbons (Fsp3) is 0.857. The van der Waals surface area contributed by atoms with E-state index in [2.05, 4.69) is 33.9 Å². The Morgan fingerprint density at radius 2 is 2.25 bits per heavy atom. The molecule has 2 rings (SSSR count). The predicted molar refractivity (Wildman–Crippen MR) is 76.6 cm³/mol. The molecular weight excluding hydrogens is 256 g/mol. The Balaban J connectivity index is 1.97. The maximum absolute atomic E-state index is 5.56. The highest BCUT2D eigenvalue weighted by Crippen LogP contribution is 2.23. The van der Waals surface area contributed by atoms with Crippen molar-refractivity contribution in [3.05, 3.63) is 11.7 Å². The van der Waals surface area contributed by atoms with Crippen LogP contribution >= 0.6 is 0 Å². The van der Waals surface area contributed by atoms with Gasteiger partial charge in [-0.05, 0) is 20.4 Å². The van der Waals surface area contributed by atoms with Crippen molar-refractivity contribution in [1.82, 2.24) is 19.9 Å². The SMILES string of the molecule is CCC[C@H](CN1CCN(C)[C@@H](c2nc(C)no2)C1)OC. The van der Waals surface area contributed by atoms with Crippen LogP contribution < -0.4 is 0 Å². The molecule has 2 heterocycles. The summed E-state index contributed by atoms with van der Waals surface area (Å²) in [4.78, 5) is 9.10. The average Bonchev–Trinajstić information content (AvgIpc) is 2.86. The number of hydrogen-bond donors (Lipinski definition) is 0. The average molecular weight is 282 g/mol. The minimum Gasteiger partial charge on any atom is -0.380 e. The minimum absolute atomic E-state index is 0.184. The highest BCUT2D eigenvalue weighted by molar-refractivity contribution is 4.96. The topological polar surface area (TPSA) is 54.6 Å². The third-order valence-electron chi connectivity index (χ3n) is 3.97. The van der Waals surface area contributed by atoms with Crippen molar-refractivity contribution in [3.8, 4) is 0 Å². The van der Waals surface area contributed by atoms with Crippen LogP contribution in [0.5, 0.6) is 0 Å². The number of piperazine rings is 1. The molecule has 0 aliphatic carbocycles. The Morgan fingerprint density at radius 1 is 1.45 bits per heavy atom. The van der Waals surface area contributed by atoms with Gasteiger partial charge in [0.25, 0.3) is 0 Å². The summed E-state index contributed by atoms with van der Waals surface area (Å²) in [5.74, 6) is 1.42. The van der Waals surface area contributed by atoms with Gasteiger partial charge in [0.1, 0.15) is 6.04 Å². The van der Waals surface area contributed by atoms with Gasteiger partial charge in [-0.2, -0.15) is 4.98 Å². The summed E-state index contributed by atoms with van der Waals surface area (Å²) in [7, 11) is 3.91. The van der Waals surface area contributed by atoms with Gasteiger partial charge in [0.05, 0.1) is 6.10 Å². The number of aryl methyl sites for hydroxylation is 1. The Morgan fingerprint density at radius 3 is 2.85 bits per heavy atom. The lowest BCUT2D eigenvalue weighted by Gasteiger charge is -2.38. The lowest BCUT2D eigenvalue weighted by atomic mass is 10.1. The molecule has 1 aliphatic rings. The monoisotopic (exact) mass is 282 g/mol. The van der Waals surface area contributed by atoms with Gasteiger partial charge in [-0.25, -0.2) is 0 Å². The highest BCUT2D eigenvalue weighted by Gasteiger charge is 2.30. The Bertz CT molecular complexity index is 410. The van der Waals surface area contributed by atoms with Crippen LogP contribution in [0.4, 0.5) is 0 Å². The van der Waals surface area contributed by atoms with E-state index in [1.54, 1.807) is 7.11 Å². The second-order valence-corrected chi connectivity index (χ2v) is 5.58. The first-order valence-electron chi connectivity index (χ1n) is 7.39. The first-order chi connectivity index (χ1) is 9.63. The molecule has 0 aromatic carbocycles. The molecule has 20 heavy (non-hydrogen) atoms. The van der Waals surface area contributed by atoms with Crippen LogP contribution in [-0.2, 0) is 4.74 Å². The first-order valence-corrected chi connectivity index (χ1v) is 7.39. The van der Waals surface area contributed by atoms with E-state index in [0.717, 1.165) is 44.9 Å². The molecule has 1 saturated heterocycles. The molecule has 0 spiro atoms.